The van der Waals surface area contributed by atoms with E-state index in [1.54, 1.807) is 30.5 Å². The van der Waals surface area contributed by atoms with E-state index in [-0.39, 0.29) is 11.7 Å². The van der Waals surface area contributed by atoms with E-state index in [0.717, 1.165) is 78.1 Å². The van der Waals surface area contributed by atoms with Crippen molar-refractivity contribution in [2.75, 3.05) is 38.6 Å². The van der Waals surface area contributed by atoms with Crippen LogP contribution in [0, 0.1) is 11.7 Å². The number of likely N-dealkylation sites (N-methyl/N-ethyl adjacent to an activating group) is 1. The summed E-state index contributed by atoms with van der Waals surface area (Å²) in [5, 5.41) is 5.58. The van der Waals surface area contributed by atoms with Gasteiger partial charge in [0.15, 0.2) is 5.13 Å². The molecule has 0 saturated carbocycles. The van der Waals surface area contributed by atoms with Gasteiger partial charge in [-0.15, -0.1) is 11.3 Å². The zero-order valence-electron chi connectivity index (χ0n) is 21.6. The number of aryl methyl sites for hydroxylation is 1. The number of rotatable bonds is 7. The average molecular weight is 521 g/mol. The number of imidazole rings is 1. The average Bonchev–Trinajstić information content (AvgIpc) is 3.53. The minimum atomic E-state index is -0.254. The number of likely N-dealkylation sites (tertiary alicyclic amines) is 1. The smallest absolute Gasteiger partial charge is 0.233 e. The summed E-state index contributed by atoms with van der Waals surface area (Å²) >= 11 is 1.56. The number of halogens is 1. The van der Waals surface area contributed by atoms with Crippen LogP contribution in [0.15, 0.2) is 47.4 Å². The summed E-state index contributed by atoms with van der Waals surface area (Å²) in [4.78, 5) is 25.9. The number of anilines is 2. The molecule has 0 unspecified atom stereocenters. The lowest BCUT2D eigenvalue weighted by molar-refractivity contribution is -0.122. The number of nitrogens with one attached hydrogen (secondary N) is 1. The Morgan fingerprint density at radius 3 is 2.65 bits per heavy atom. The first-order valence-corrected chi connectivity index (χ1v) is 13.6. The maximum atomic E-state index is 13.4. The lowest BCUT2D eigenvalue weighted by Gasteiger charge is -2.34. The van der Waals surface area contributed by atoms with Crippen LogP contribution < -0.4 is 10.2 Å². The molecule has 37 heavy (non-hydrogen) atoms. The van der Waals surface area contributed by atoms with Crippen LogP contribution in [-0.4, -0.2) is 59.1 Å². The van der Waals surface area contributed by atoms with E-state index in [9.17, 15) is 9.18 Å². The molecular weight excluding hydrogens is 487 g/mol. The van der Waals surface area contributed by atoms with Gasteiger partial charge in [0.2, 0.25) is 5.91 Å². The maximum absolute atomic E-state index is 13.4. The fourth-order valence-electron chi connectivity index (χ4n) is 5.24. The first kappa shape index (κ1) is 25.4. The SMILES string of the molecule is C=C1Cc2nc(CC)c(N(C)c3nc(-c4ccc(F)cc4)cs3)n2C=C1C1CCN(CC(=O)NC)CC1. The third-order valence-corrected chi connectivity index (χ3v) is 8.24. The molecular formula is C28H33FN6OS. The second-order valence-corrected chi connectivity index (χ2v) is 10.5. The Hall–Kier alpha value is -3.30. The molecule has 0 aliphatic carbocycles. The highest BCUT2D eigenvalue weighted by molar-refractivity contribution is 7.14. The van der Waals surface area contributed by atoms with Crippen molar-refractivity contribution in [3.05, 3.63) is 64.7 Å². The van der Waals surface area contributed by atoms with Gasteiger partial charge in [-0.05, 0) is 73.7 Å². The van der Waals surface area contributed by atoms with Crippen LogP contribution in [0.1, 0.15) is 31.3 Å². The van der Waals surface area contributed by atoms with Crippen LogP contribution in [-0.2, 0) is 17.6 Å². The Kier molecular flexibility index (Phi) is 7.26. The molecule has 0 spiro atoms. The van der Waals surface area contributed by atoms with E-state index in [1.807, 2.05) is 12.4 Å². The van der Waals surface area contributed by atoms with Crippen molar-refractivity contribution in [3.63, 3.8) is 0 Å². The van der Waals surface area contributed by atoms with E-state index in [4.69, 9.17) is 9.97 Å². The Bertz CT molecular complexity index is 1330. The Balaban J connectivity index is 1.41. The zero-order chi connectivity index (χ0) is 26.1. The topological polar surface area (TPSA) is 66.3 Å². The van der Waals surface area contributed by atoms with Crippen LogP contribution in [0.3, 0.4) is 0 Å². The molecule has 5 rings (SSSR count). The largest absolute Gasteiger partial charge is 0.358 e. The third kappa shape index (κ3) is 5.10. The molecule has 1 saturated heterocycles. The van der Waals surface area contributed by atoms with Crippen LogP contribution in [0.2, 0.25) is 0 Å². The summed E-state index contributed by atoms with van der Waals surface area (Å²) in [5.41, 5.74) is 5.17. The fourth-order valence-corrected chi connectivity index (χ4v) is 6.04. The van der Waals surface area contributed by atoms with Crippen LogP contribution >= 0.6 is 11.3 Å². The summed E-state index contributed by atoms with van der Waals surface area (Å²) < 4.78 is 15.6. The molecule has 1 amide bonds. The molecule has 2 aromatic heterocycles. The summed E-state index contributed by atoms with van der Waals surface area (Å²) in [6.07, 6.45) is 5.77. The molecule has 9 heteroatoms. The quantitative estimate of drug-likeness (QED) is 0.481. The predicted octanol–water partition coefficient (Wildman–Crippen LogP) is 4.89. The van der Waals surface area contributed by atoms with E-state index in [2.05, 4.69) is 39.4 Å². The number of allylic oxidation sites excluding steroid dienone is 2. The van der Waals surface area contributed by atoms with Gasteiger partial charge in [0, 0.05) is 37.7 Å². The number of fused-ring (bicyclic) bond motifs is 1. The lowest BCUT2D eigenvalue weighted by atomic mass is 9.84. The molecule has 3 aromatic rings. The third-order valence-electron chi connectivity index (χ3n) is 7.32. The van der Waals surface area contributed by atoms with Crippen molar-refractivity contribution in [2.45, 2.75) is 32.6 Å². The Morgan fingerprint density at radius 1 is 1.24 bits per heavy atom. The predicted molar refractivity (Wildman–Crippen MR) is 148 cm³/mol. The number of piperidine rings is 1. The second-order valence-electron chi connectivity index (χ2n) is 9.69. The van der Waals surface area contributed by atoms with Crippen molar-refractivity contribution < 1.29 is 9.18 Å². The van der Waals surface area contributed by atoms with Gasteiger partial charge in [0.1, 0.15) is 17.5 Å². The van der Waals surface area contributed by atoms with Crippen molar-refractivity contribution >= 4 is 34.4 Å². The number of thiazole rings is 1. The van der Waals surface area contributed by atoms with Crippen molar-refractivity contribution in [3.8, 4) is 11.3 Å². The summed E-state index contributed by atoms with van der Waals surface area (Å²) in [5.74, 6) is 2.25. The molecule has 1 N–H and O–H groups in total. The van der Waals surface area contributed by atoms with Gasteiger partial charge in [-0.25, -0.2) is 14.4 Å². The summed E-state index contributed by atoms with van der Waals surface area (Å²) in [6, 6.07) is 6.44. The van der Waals surface area contributed by atoms with Crippen LogP contribution in [0.25, 0.3) is 17.5 Å². The molecule has 1 fully saturated rings. The minimum Gasteiger partial charge on any atom is -0.358 e. The molecule has 7 nitrogen and oxygen atoms in total. The van der Waals surface area contributed by atoms with E-state index >= 15 is 0 Å². The number of hydrogen-bond acceptors (Lipinski definition) is 6. The molecule has 4 heterocycles. The van der Waals surface area contributed by atoms with Crippen molar-refractivity contribution in [1.82, 2.24) is 24.8 Å². The number of aromatic nitrogens is 3. The number of hydrogen-bond donors (Lipinski definition) is 1. The molecule has 2 aliphatic heterocycles. The standard InChI is InChI=1S/C28H33FN6OS/c1-5-23-27(33(4)28-32-24(17-37-28)20-6-8-21(29)9-7-20)35-15-22(18(2)14-25(35)31-23)19-10-12-34(13-11-19)16-26(36)30-3/h6-9,15,17,19H,2,5,10-14,16H2,1,3-4H3,(H,30,36). The molecule has 0 atom stereocenters. The summed E-state index contributed by atoms with van der Waals surface area (Å²) in [6.45, 7) is 8.79. The Labute approximate surface area is 221 Å². The molecule has 194 valence electrons. The van der Waals surface area contributed by atoms with Gasteiger partial charge >= 0.3 is 0 Å². The number of benzene rings is 1. The highest BCUT2D eigenvalue weighted by atomic mass is 32.1. The number of carbonyl (C=O) groups excluding carboxylic acids is 1. The Morgan fingerprint density at radius 2 is 1.97 bits per heavy atom. The van der Waals surface area contributed by atoms with Gasteiger partial charge in [-0.1, -0.05) is 13.5 Å². The highest BCUT2D eigenvalue weighted by Crippen LogP contribution is 2.39. The lowest BCUT2D eigenvalue weighted by Crippen LogP contribution is -2.41. The monoisotopic (exact) mass is 520 g/mol. The van der Waals surface area contributed by atoms with Gasteiger partial charge in [-0.3, -0.25) is 14.3 Å². The van der Waals surface area contributed by atoms with Gasteiger partial charge in [0.25, 0.3) is 0 Å². The first-order chi connectivity index (χ1) is 17.9. The number of amides is 1. The number of carbonyl (C=O) groups is 1. The second kappa shape index (κ2) is 10.6. The van der Waals surface area contributed by atoms with E-state index in [0.29, 0.717) is 12.5 Å². The maximum Gasteiger partial charge on any atom is 0.233 e. The molecule has 0 radical (unpaired) electrons. The van der Waals surface area contributed by atoms with Crippen LogP contribution in [0.4, 0.5) is 15.3 Å². The zero-order valence-corrected chi connectivity index (χ0v) is 22.4. The van der Waals surface area contributed by atoms with E-state index < -0.39 is 0 Å². The van der Waals surface area contributed by atoms with E-state index in [1.165, 1.54) is 17.7 Å². The highest BCUT2D eigenvalue weighted by Gasteiger charge is 2.30. The van der Waals surface area contributed by atoms with Gasteiger partial charge in [0.05, 0.1) is 17.9 Å². The molecule has 1 aromatic carbocycles. The van der Waals surface area contributed by atoms with Crippen LogP contribution in [0.5, 0.6) is 0 Å². The van der Waals surface area contributed by atoms with Crippen molar-refractivity contribution in [2.24, 2.45) is 5.92 Å². The van der Waals surface area contributed by atoms with Crippen molar-refractivity contribution in [1.29, 1.82) is 0 Å². The summed E-state index contributed by atoms with van der Waals surface area (Å²) in [7, 11) is 3.72. The molecule has 2 aliphatic rings. The first-order valence-electron chi connectivity index (χ1n) is 12.8. The normalized spacial score (nSPS) is 16.4. The van der Waals surface area contributed by atoms with Gasteiger partial charge in [-0.2, -0.15) is 0 Å². The fraction of sp³-hybridized carbons (Fsp3) is 0.393. The van der Waals surface area contributed by atoms with Gasteiger partial charge < -0.3 is 10.2 Å². The minimum absolute atomic E-state index is 0.0624. The molecule has 0 bridgehead atoms. The number of nitrogens with zero attached hydrogens (tertiary/aromatic N) is 5.